The Morgan fingerprint density at radius 2 is 0.611 bits per heavy atom. The first-order chi connectivity index (χ1) is 25.7. The van der Waals surface area contributed by atoms with Crippen molar-refractivity contribution in [2.45, 2.75) is 185 Å². The summed E-state index contributed by atoms with van der Waals surface area (Å²) in [6.07, 6.45) is 42.7. The van der Waals surface area contributed by atoms with E-state index in [-0.39, 0.29) is 11.6 Å². The molecule has 2 heteroatoms. The highest BCUT2D eigenvalue weighted by Crippen LogP contribution is 2.21. The molecule has 0 saturated carbocycles. The molecule has 1 rings (SSSR count). The fraction of sp³-hybridized carbons (Fsp3) is 0.538. The van der Waals surface area contributed by atoms with Crippen LogP contribution in [0.25, 0.3) is 0 Å². The highest BCUT2D eigenvalue weighted by molar-refractivity contribution is 6.19. The first-order valence-electron chi connectivity index (χ1n) is 21.0. The smallest absolute Gasteiger partial charge is 0.182 e. The Labute approximate surface area is 333 Å². The van der Waals surface area contributed by atoms with Crippen LogP contribution in [0, 0.1) is 0 Å². The third-order valence-corrected chi connectivity index (χ3v) is 10.5. The van der Waals surface area contributed by atoms with E-state index in [2.05, 4.69) is 124 Å². The number of carbonyl (C=O) groups is 2. The highest BCUT2D eigenvalue weighted by Gasteiger charge is 2.17. The average molecular weight is 735 g/mol. The van der Waals surface area contributed by atoms with Gasteiger partial charge in [-0.25, -0.2) is 0 Å². The van der Waals surface area contributed by atoms with E-state index < -0.39 is 0 Å². The predicted molar refractivity (Wildman–Crippen MR) is 240 cm³/mol. The second-order valence-corrected chi connectivity index (χ2v) is 16.4. The van der Waals surface area contributed by atoms with Gasteiger partial charge in [-0.2, -0.15) is 0 Å². The molecule has 0 aromatic carbocycles. The van der Waals surface area contributed by atoms with E-state index in [1.807, 2.05) is 0 Å². The van der Waals surface area contributed by atoms with Gasteiger partial charge in [-0.15, -0.1) is 0 Å². The molecule has 0 aromatic heterocycles. The van der Waals surface area contributed by atoms with Crippen molar-refractivity contribution in [3.63, 3.8) is 0 Å². The lowest BCUT2D eigenvalue weighted by atomic mass is 9.93. The summed E-state index contributed by atoms with van der Waals surface area (Å²) in [7, 11) is 0. The lowest BCUT2D eigenvalue weighted by molar-refractivity contribution is -0.115. The zero-order valence-corrected chi connectivity index (χ0v) is 36.7. The molecule has 1 aliphatic rings. The number of hydrogen-bond donors (Lipinski definition) is 0. The molecule has 1 aliphatic carbocycles. The lowest BCUT2D eigenvalue weighted by Gasteiger charge is -2.10. The Hall–Kier alpha value is -3.52. The molecule has 2 nitrogen and oxygen atoms in total. The first kappa shape index (κ1) is 48.5. The minimum absolute atomic E-state index is 0.0370. The summed E-state index contributed by atoms with van der Waals surface area (Å²) in [5, 5.41) is 0. The normalized spacial score (nSPS) is 15.9. The zero-order valence-electron chi connectivity index (χ0n) is 36.7. The van der Waals surface area contributed by atoms with E-state index in [1.165, 1.54) is 81.6 Å². The molecular formula is C52H78O2. The van der Waals surface area contributed by atoms with Crippen molar-refractivity contribution in [1.82, 2.24) is 0 Å². The van der Waals surface area contributed by atoms with Gasteiger partial charge < -0.3 is 0 Å². The topological polar surface area (TPSA) is 34.1 Å². The van der Waals surface area contributed by atoms with Crippen LogP contribution in [0.1, 0.15) is 185 Å². The molecular weight excluding hydrogens is 657 g/mol. The SMILES string of the molecule is CC(C)=CCCC(C)=CCCC(C)=CCCC(C)=CCCC(C)=CCCC(C)=CCCC(C)=CCCC(C)=CCCC(C)=CCC1=C(C)C(=O)C=CC1=O. The van der Waals surface area contributed by atoms with E-state index in [9.17, 15) is 9.59 Å². The lowest BCUT2D eigenvalue weighted by Crippen LogP contribution is -2.12. The van der Waals surface area contributed by atoms with E-state index in [1.54, 1.807) is 6.92 Å². The summed E-state index contributed by atoms with van der Waals surface area (Å²) in [5.41, 5.74) is 14.4. The Morgan fingerprint density at radius 1 is 0.370 bits per heavy atom. The summed E-state index contributed by atoms with van der Waals surface area (Å²) < 4.78 is 0. The molecule has 0 atom stereocenters. The van der Waals surface area contributed by atoms with Crippen LogP contribution < -0.4 is 0 Å². The maximum absolute atomic E-state index is 12.1. The van der Waals surface area contributed by atoms with Crippen LogP contribution in [0.3, 0.4) is 0 Å². The molecule has 0 radical (unpaired) electrons. The minimum atomic E-state index is -0.0515. The molecule has 0 fully saturated rings. The molecule has 0 aromatic rings. The monoisotopic (exact) mass is 735 g/mol. The van der Waals surface area contributed by atoms with Gasteiger partial charge in [0.25, 0.3) is 0 Å². The van der Waals surface area contributed by atoms with Crippen molar-refractivity contribution < 1.29 is 9.59 Å². The Kier molecular flexibility index (Phi) is 25.9. The van der Waals surface area contributed by atoms with Gasteiger partial charge in [-0.05, 0) is 197 Å². The van der Waals surface area contributed by atoms with Gasteiger partial charge in [0, 0.05) is 11.1 Å². The van der Waals surface area contributed by atoms with Crippen LogP contribution in [0.4, 0.5) is 0 Å². The third-order valence-electron chi connectivity index (χ3n) is 10.5. The van der Waals surface area contributed by atoms with Crippen LogP contribution >= 0.6 is 0 Å². The van der Waals surface area contributed by atoms with E-state index in [4.69, 9.17) is 0 Å². The number of allylic oxidation sites excluding steroid dienone is 22. The number of hydrogen-bond acceptors (Lipinski definition) is 2. The molecule has 0 spiro atoms. The predicted octanol–water partition coefficient (Wildman–Crippen LogP) is 16.2. The van der Waals surface area contributed by atoms with Crippen LogP contribution in [0.15, 0.2) is 128 Å². The third kappa shape index (κ3) is 24.7. The summed E-state index contributed by atoms with van der Waals surface area (Å²) in [6, 6.07) is 0. The van der Waals surface area contributed by atoms with Gasteiger partial charge in [-0.3, -0.25) is 9.59 Å². The Balaban J connectivity index is 2.26. The summed E-state index contributed by atoms with van der Waals surface area (Å²) in [5.74, 6) is -0.0884. The van der Waals surface area contributed by atoms with Gasteiger partial charge in [0.05, 0.1) is 0 Å². The largest absolute Gasteiger partial charge is 0.290 e. The Morgan fingerprint density at radius 3 is 0.889 bits per heavy atom. The van der Waals surface area contributed by atoms with E-state index in [0.717, 1.165) is 83.5 Å². The van der Waals surface area contributed by atoms with Crippen LogP contribution in [0.5, 0.6) is 0 Å². The second-order valence-electron chi connectivity index (χ2n) is 16.4. The van der Waals surface area contributed by atoms with Crippen LogP contribution in [-0.2, 0) is 9.59 Å². The van der Waals surface area contributed by atoms with Crippen molar-refractivity contribution in [2.75, 3.05) is 0 Å². The average Bonchev–Trinajstić information content (AvgIpc) is 3.09. The maximum Gasteiger partial charge on any atom is 0.182 e. The first-order valence-corrected chi connectivity index (χ1v) is 21.0. The quantitative estimate of drug-likeness (QED) is 0.0655. The minimum Gasteiger partial charge on any atom is -0.290 e. The molecule has 0 amide bonds. The van der Waals surface area contributed by atoms with Gasteiger partial charge >= 0.3 is 0 Å². The van der Waals surface area contributed by atoms with Crippen molar-refractivity contribution in [3.05, 3.63) is 128 Å². The molecule has 0 aliphatic heterocycles. The number of ketones is 2. The van der Waals surface area contributed by atoms with Gasteiger partial charge in [0.15, 0.2) is 11.6 Å². The molecule has 0 unspecified atom stereocenters. The van der Waals surface area contributed by atoms with Crippen LogP contribution in [-0.4, -0.2) is 11.6 Å². The molecule has 0 N–H and O–H groups in total. The van der Waals surface area contributed by atoms with Crippen molar-refractivity contribution in [1.29, 1.82) is 0 Å². The zero-order chi connectivity index (χ0) is 40.3. The van der Waals surface area contributed by atoms with Crippen LogP contribution in [0.2, 0.25) is 0 Å². The Bertz CT molecular complexity index is 1540. The molecule has 0 bridgehead atoms. The molecule has 0 heterocycles. The molecule has 54 heavy (non-hydrogen) atoms. The van der Waals surface area contributed by atoms with E-state index in [0.29, 0.717) is 17.6 Å². The second kappa shape index (κ2) is 28.9. The fourth-order valence-corrected chi connectivity index (χ4v) is 6.47. The molecule has 298 valence electrons. The molecule has 0 saturated heterocycles. The van der Waals surface area contributed by atoms with Gasteiger partial charge in [-0.1, -0.05) is 105 Å². The fourth-order valence-electron chi connectivity index (χ4n) is 6.47. The summed E-state index contributed by atoms with van der Waals surface area (Å²) in [4.78, 5) is 24.0. The number of carbonyl (C=O) groups excluding carboxylic acids is 2. The summed E-state index contributed by atoms with van der Waals surface area (Å²) >= 11 is 0. The van der Waals surface area contributed by atoms with Gasteiger partial charge in [0.1, 0.15) is 0 Å². The van der Waals surface area contributed by atoms with E-state index >= 15 is 0 Å². The highest BCUT2D eigenvalue weighted by atomic mass is 16.1. The summed E-state index contributed by atoms with van der Waals surface area (Å²) in [6.45, 7) is 24.1. The van der Waals surface area contributed by atoms with Gasteiger partial charge in [0.2, 0.25) is 0 Å². The van der Waals surface area contributed by atoms with Crippen molar-refractivity contribution >= 4 is 11.6 Å². The maximum atomic E-state index is 12.1. The standard InChI is InChI=1S/C52H78O2/c1-40(2)20-12-21-41(3)22-13-23-42(4)24-14-25-43(5)26-15-27-44(6)28-16-29-45(7)30-17-31-46(8)32-18-33-47(9)34-19-35-48(10)36-37-50-49(11)51(53)38-39-52(50)54/h20,22,24,26,28,30,32,34,36,38-39H,12-19,21,23,25,27,29,31,33,35,37H2,1-11H3. The number of rotatable bonds is 26. The van der Waals surface area contributed by atoms with Crippen molar-refractivity contribution in [2.24, 2.45) is 0 Å². The van der Waals surface area contributed by atoms with Crippen molar-refractivity contribution in [3.8, 4) is 0 Å².